The average Bonchev–Trinajstić information content (AvgIpc) is 2.49. The third kappa shape index (κ3) is 3.72. The second-order valence-corrected chi connectivity index (χ2v) is 5.76. The lowest BCUT2D eigenvalue weighted by molar-refractivity contribution is 0.424. The minimum Gasteiger partial charge on any atom is -0.367 e. The van der Waals surface area contributed by atoms with Crippen LogP contribution in [0.4, 0.5) is 0 Å². The number of hydrogen-bond acceptors (Lipinski definition) is 1. The summed E-state index contributed by atoms with van der Waals surface area (Å²) in [5.41, 5.74) is 2.07. The highest BCUT2D eigenvalue weighted by Crippen LogP contribution is 2.24. The second kappa shape index (κ2) is 6.77. The fourth-order valence-corrected chi connectivity index (χ4v) is 3.04. The SMILES string of the molecule is Cc1c[nH]cc(CC2CCCCCCCC2)c1=O. The molecule has 1 saturated carbocycles. The van der Waals surface area contributed by atoms with Gasteiger partial charge in [0, 0.05) is 23.5 Å². The van der Waals surface area contributed by atoms with Crippen molar-refractivity contribution >= 4 is 0 Å². The molecular weight excluding hydrogens is 222 g/mol. The van der Waals surface area contributed by atoms with Crippen LogP contribution in [0.5, 0.6) is 0 Å². The lowest BCUT2D eigenvalue weighted by Gasteiger charge is -2.15. The summed E-state index contributed by atoms with van der Waals surface area (Å²) in [7, 11) is 0. The molecule has 1 aromatic heterocycles. The monoisotopic (exact) mass is 247 g/mol. The van der Waals surface area contributed by atoms with E-state index in [-0.39, 0.29) is 5.43 Å². The van der Waals surface area contributed by atoms with Gasteiger partial charge >= 0.3 is 0 Å². The van der Waals surface area contributed by atoms with E-state index in [1.807, 2.05) is 13.1 Å². The van der Waals surface area contributed by atoms with E-state index in [1.165, 1.54) is 51.4 Å². The van der Waals surface area contributed by atoms with Crippen LogP contribution in [0.2, 0.25) is 0 Å². The van der Waals surface area contributed by atoms with Gasteiger partial charge in [0.15, 0.2) is 5.43 Å². The van der Waals surface area contributed by atoms with Gasteiger partial charge in [0.05, 0.1) is 0 Å². The van der Waals surface area contributed by atoms with Crippen molar-refractivity contribution in [3.63, 3.8) is 0 Å². The topological polar surface area (TPSA) is 32.9 Å². The lowest BCUT2D eigenvalue weighted by Crippen LogP contribution is -2.16. The molecule has 1 heterocycles. The van der Waals surface area contributed by atoms with Gasteiger partial charge in [-0.25, -0.2) is 0 Å². The molecule has 100 valence electrons. The molecule has 1 N–H and O–H groups in total. The highest BCUT2D eigenvalue weighted by atomic mass is 16.1. The van der Waals surface area contributed by atoms with E-state index < -0.39 is 0 Å². The van der Waals surface area contributed by atoms with E-state index in [9.17, 15) is 4.79 Å². The molecule has 0 aliphatic heterocycles. The third-order valence-corrected chi connectivity index (χ3v) is 4.19. The Bertz CT molecular complexity index is 411. The molecule has 18 heavy (non-hydrogen) atoms. The molecule has 0 unspecified atom stereocenters. The first-order valence-corrected chi connectivity index (χ1v) is 7.44. The van der Waals surface area contributed by atoms with Gasteiger partial charge in [-0.1, -0.05) is 51.4 Å². The number of pyridine rings is 1. The van der Waals surface area contributed by atoms with E-state index in [0.717, 1.165) is 17.5 Å². The fourth-order valence-electron chi connectivity index (χ4n) is 3.04. The summed E-state index contributed by atoms with van der Waals surface area (Å²) in [6, 6.07) is 0. The van der Waals surface area contributed by atoms with Crippen molar-refractivity contribution in [2.45, 2.75) is 64.7 Å². The molecule has 0 amide bonds. The molecule has 1 aliphatic rings. The number of aromatic amines is 1. The lowest BCUT2D eigenvalue weighted by atomic mass is 9.90. The molecule has 2 nitrogen and oxygen atoms in total. The van der Waals surface area contributed by atoms with E-state index in [1.54, 1.807) is 6.20 Å². The summed E-state index contributed by atoms with van der Waals surface area (Å²) in [6.45, 7) is 1.89. The fraction of sp³-hybridized carbons (Fsp3) is 0.688. The van der Waals surface area contributed by atoms with Gasteiger partial charge in [0.2, 0.25) is 0 Å². The van der Waals surface area contributed by atoms with Crippen molar-refractivity contribution in [2.24, 2.45) is 5.92 Å². The van der Waals surface area contributed by atoms with Crippen molar-refractivity contribution in [1.29, 1.82) is 0 Å². The average molecular weight is 247 g/mol. The van der Waals surface area contributed by atoms with Gasteiger partial charge in [0.1, 0.15) is 0 Å². The minimum atomic E-state index is 0.244. The first-order valence-electron chi connectivity index (χ1n) is 7.44. The van der Waals surface area contributed by atoms with Gasteiger partial charge in [-0.3, -0.25) is 4.79 Å². The predicted octanol–water partition coefficient (Wildman–Crippen LogP) is 3.98. The molecule has 2 rings (SSSR count). The highest BCUT2D eigenvalue weighted by Gasteiger charge is 2.13. The van der Waals surface area contributed by atoms with Gasteiger partial charge in [-0.2, -0.15) is 0 Å². The minimum absolute atomic E-state index is 0.244. The number of hydrogen-bond donors (Lipinski definition) is 1. The second-order valence-electron chi connectivity index (χ2n) is 5.76. The molecule has 1 aromatic rings. The highest BCUT2D eigenvalue weighted by molar-refractivity contribution is 5.17. The van der Waals surface area contributed by atoms with Crippen LogP contribution >= 0.6 is 0 Å². The van der Waals surface area contributed by atoms with E-state index in [4.69, 9.17) is 0 Å². The van der Waals surface area contributed by atoms with Gasteiger partial charge in [0.25, 0.3) is 0 Å². The molecule has 0 bridgehead atoms. The molecule has 1 fully saturated rings. The normalized spacial score (nSPS) is 18.9. The summed E-state index contributed by atoms with van der Waals surface area (Å²) in [5, 5.41) is 0. The maximum atomic E-state index is 12.0. The largest absolute Gasteiger partial charge is 0.367 e. The maximum Gasteiger partial charge on any atom is 0.187 e. The zero-order valence-corrected chi connectivity index (χ0v) is 11.5. The van der Waals surface area contributed by atoms with Gasteiger partial charge in [-0.15, -0.1) is 0 Å². The first kappa shape index (κ1) is 13.4. The van der Waals surface area contributed by atoms with Crippen LogP contribution in [0.25, 0.3) is 0 Å². The van der Waals surface area contributed by atoms with Crippen molar-refractivity contribution in [3.8, 4) is 0 Å². The van der Waals surface area contributed by atoms with Gasteiger partial charge < -0.3 is 4.98 Å². The quantitative estimate of drug-likeness (QED) is 0.842. The van der Waals surface area contributed by atoms with Crippen molar-refractivity contribution in [3.05, 3.63) is 33.7 Å². The van der Waals surface area contributed by atoms with Crippen LogP contribution in [-0.2, 0) is 6.42 Å². The summed E-state index contributed by atoms with van der Waals surface area (Å²) < 4.78 is 0. The molecule has 0 spiro atoms. The summed E-state index contributed by atoms with van der Waals surface area (Å²) >= 11 is 0. The Kier molecular flexibility index (Phi) is 5.03. The first-order chi connectivity index (χ1) is 8.77. The molecule has 1 aliphatic carbocycles. The Balaban J connectivity index is 2.01. The molecule has 0 saturated heterocycles. The number of aromatic nitrogens is 1. The number of rotatable bonds is 2. The van der Waals surface area contributed by atoms with Crippen LogP contribution < -0.4 is 5.43 Å². The number of aryl methyl sites for hydroxylation is 1. The van der Waals surface area contributed by atoms with E-state index in [2.05, 4.69) is 4.98 Å². The molecule has 0 radical (unpaired) electrons. The Morgan fingerprint density at radius 2 is 1.67 bits per heavy atom. The Labute approximate surface area is 110 Å². The summed E-state index contributed by atoms with van der Waals surface area (Å²) in [6.07, 6.45) is 15.5. The smallest absolute Gasteiger partial charge is 0.187 e. The van der Waals surface area contributed by atoms with Crippen LogP contribution in [0.3, 0.4) is 0 Å². The number of H-pyrrole nitrogens is 1. The van der Waals surface area contributed by atoms with Crippen LogP contribution in [0.15, 0.2) is 17.2 Å². The third-order valence-electron chi connectivity index (χ3n) is 4.19. The predicted molar refractivity (Wildman–Crippen MR) is 75.9 cm³/mol. The van der Waals surface area contributed by atoms with Crippen molar-refractivity contribution in [2.75, 3.05) is 0 Å². The summed E-state index contributed by atoms with van der Waals surface area (Å²) in [4.78, 5) is 15.1. The molecular formula is C16H25NO. The molecule has 0 atom stereocenters. The van der Waals surface area contributed by atoms with Crippen molar-refractivity contribution < 1.29 is 0 Å². The zero-order chi connectivity index (χ0) is 12.8. The van der Waals surface area contributed by atoms with Crippen molar-refractivity contribution in [1.82, 2.24) is 4.98 Å². The Morgan fingerprint density at radius 1 is 1.06 bits per heavy atom. The van der Waals surface area contributed by atoms with Gasteiger partial charge in [-0.05, 0) is 19.3 Å². The Hall–Kier alpha value is -1.05. The summed E-state index contributed by atoms with van der Waals surface area (Å²) in [5.74, 6) is 0.714. The maximum absolute atomic E-state index is 12.0. The molecule has 2 heteroatoms. The Morgan fingerprint density at radius 3 is 2.33 bits per heavy atom. The van der Waals surface area contributed by atoms with E-state index in [0.29, 0.717) is 5.92 Å². The van der Waals surface area contributed by atoms with Crippen LogP contribution in [0, 0.1) is 12.8 Å². The number of nitrogens with one attached hydrogen (secondary N) is 1. The van der Waals surface area contributed by atoms with Crippen LogP contribution in [0.1, 0.15) is 62.5 Å². The standard InChI is InChI=1S/C16H25NO/c1-13-11-17-12-15(16(13)18)10-14-8-6-4-2-3-5-7-9-14/h11-12,14H,2-10H2,1H3,(H,17,18). The zero-order valence-electron chi connectivity index (χ0n) is 11.5. The molecule has 0 aromatic carbocycles. The van der Waals surface area contributed by atoms with Crippen LogP contribution in [-0.4, -0.2) is 4.98 Å². The van der Waals surface area contributed by atoms with E-state index >= 15 is 0 Å².